The number of hydrogen-bond donors (Lipinski definition) is 2. The Hall–Kier alpha value is -1.27. The molecule has 152 valence electrons. The standard InChI is InChI=1S/C20H27F3N2O.ClH/c1-14(15-5-9-24-10-6-15)11-18(26)25-13-19(7-8-19)16-3-2-4-17(12-16)20(21,22)23;/h2-4,12,14-15,24H,5-11,13H2,1H3,(H,25,26);1H. The minimum absolute atomic E-state index is 0. The summed E-state index contributed by atoms with van der Waals surface area (Å²) in [6.45, 7) is 4.56. The number of piperidine rings is 1. The summed E-state index contributed by atoms with van der Waals surface area (Å²) in [7, 11) is 0. The highest BCUT2D eigenvalue weighted by Crippen LogP contribution is 2.48. The van der Waals surface area contributed by atoms with Gasteiger partial charge in [0.2, 0.25) is 5.91 Å². The third-order valence-corrected chi connectivity index (χ3v) is 5.98. The van der Waals surface area contributed by atoms with Crippen molar-refractivity contribution >= 4 is 18.3 Å². The van der Waals surface area contributed by atoms with Crippen molar-refractivity contribution in [1.29, 1.82) is 0 Å². The van der Waals surface area contributed by atoms with Gasteiger partial charge in [0.05, 0.1) is 5.56 Å². The highest BCUT2D eigenvalue weighted by molar-refractivity contribution is 5.85. The number of nitrogens with one attached hydrogen (secondary N) is 2. The lowest BCUT2D eigenvalue weighted by Crippen LogP contribution is -2.36. The molecule has 3 rings (SSSR count). The molecule has 1 saturated heterocycles. The molecule has 3 nitrogen and oxygen atoms in total. The minimum atomic E-state index is -4.33. The van der Waals surface area contributed by atoms with E-state index in [4.69, 9.17) is 0 Å². The average molecular weight is 405 g/mol. The fourth-order valence-corrected chi connectivity index (χ4v) is 3.96. The van der Waals surface area contributed by atoms with Crippen molar-refractivity contribution in [3.63, 3.8) is 0 Å². The summed E-state index contributed by atoms with van der Waals surface area (Å²) in [5, 5.41) is 6.31. The van der Waals surface area contributed by atoms with Crippen LogP contribution in [0.25, 0.3) is 0 Å². The van der Waals surface area contributed by atoms with E-state index in [9.17, 15) is 18.0 Å². The summed E-state index contributed by atoms with van der Waals surface area (Å²) >= 11 is 0. The van der Waals surface area contributed by atoms with Crippen LogP contribution in [0.2, 0.25) is 0 Å². The number of carbonyl (C=O) groups is 1. The Morgan fingerprint density at radius 2 is 1.96 bits per heavy atom. The number of carbonyl (C=O) groups excluding carboxylic acids is 1. The molecule has 1 unspecified atom stereocenters. The van der Waals surface area contributed by atoms with Crippen molar-refractivity contribution in [2.75, 3.05) is 19.6 Å². The second-order valence-corrected chi connectivity index (χ2v) is 7.90. The SMILES string of the molecule is CC(CC(=O)NCC1(c2cccc(C(F)(F)F)c2)CC1)C1CCNCC1.Cl. The second kappa shape index (κ2) is 8.82. The zero-order chi connectivity index (χ0) is 18.8. The molecule has 2 N–H and O–H groups in total. The fraction of sp³-hybridized carbons (Fsp3) is 0.650. The maximum atomic E-state index is 12.9. The monoisotopic (exact) mass is 404 g/mol. The summed E-state index contributed by atoms with van der Waals surface area (Å²) in [4.78, 5) is 12.3. The first-order chi connectivity index (χ1) is 12.3. The molecule has 1 aliphatic heterocycles. The van der Waals surface area contributed by atoms with Crippen LogP contribution in [0.4, 0.5) is 13.2 Å². The van der Waals surface area contributed by atoms with Gasteiger partial charge in [-0.05, 0) is 62.2 Å². The molecule has 0 radical (unpaired) electrons. The molecule has 1 aromatic carbocycles. The van der Waals surface area contributed by atoms with Crippen LogP contribution in [0.15, 0.2) is 24.3 Å². The number of rotatable bonds is 6. The van der Waals surface area contributed by atoms with E-state index in [1.165, 1.54) is 12.1 Å². The van der Waals surface area contributed by atoms with E-state index in [2.05, 4.69) is 17.6 Å². The molecule has 0 spiro atoms. The molecule has 1 saturated carbocycles. The Morgan fingerprint density at radius 3 is 2.56 bits per heavy atom. The van der Waals surface area contributed by atoms with Gasteiger partial charge in [0.15, 0.2) is 0 Å². The predicted molar refractivity (Wildman–Crippen MR) is 102 cm³/mol. The van der Waals surface area contributed by atoms with E-state index >= 15 is 0 Å². The largest absolute Gasteiger partial charge is 0.416 e. The first-order valence-electron chi connectivity index (χ1n) is 9.45. The third kappa shape index (κ3) is 5.61. The van der Waals surface area contributed by atoms with Crippen LogP contribution >= 0.6 is 12.4 Å². The summed E-state index contributed by atoms with van der Waals surface area (Å²) in [6.07, 6.45) is -0.00885. The Labute approximate surface area is 164 Å². The number of hydrogen-bond acceptors (Lipinski definition) is 2. The lowest BCUT2D eigenvalue weighted by molar-refractivity contribution is -0.137. The summed E-state index contributed by atoms with van der Waals surface area (Å²) < 4.78 is 38.8. The van der Waals surface area contributed by atoms with E-state index in [1.807, 2.05) is 0 Å². The zero-order valence-corrected chi connectivity index (χ0v) is 16.4. The van der Waals surface area contributed by atoms with Gasteiger partial charge in [0.1, 0.15) is 0 Å². The fourth-order valence-electron chi connectivity index (χ4n) is 3.96. The molecule has 1 aliphatic carbocycles. The van der Waals surface area contributed by atoms with Crippen LogP contribution in [0.1, 0.15) is 50.2 Å². The molecule has 1 amide bonds. The lowest BCUT2D eigenvalue weighted by Gasteiger charge is -2.28. The van der Waals surface area contributed by atoms with E-state index in [0.29, 0.717) is 30.4 Å². The predicted octanol–water partition coefficient (Wildman–Crippen LogP) is 4.30. The maximum Gasteiger partial charge on any atom is 0.416 e. The topological polar surface area (TPSA) is 41.1 Å². The van der Waals surface area contributed by atoms with Crippen molar-refractivity contribution in [3.05, 3.63) is 35.4 Å². The van der Waals surface area contributed by atoms with Crippen molar-refractivity contribution in [2.45, 2.75) is 50.6 Å². The molecule has 2 aliphatic rings. The van der Waals surface area contributed by atoms with Gasteiger partial charge in [-0.25, -0.2) is 0 Å². The van der Waals surface area contributed by atoms with Gasteiger partial charge < -0.3 is 10.6 Å². The molecule has 7 heteroatoms. The highest BCUT2D eigenvalue weighted by Gasteiger charge is 2.45. The summed E-state index contributed by atoms with van der Waals surface area (Å²) in [6, 6.07) is 5.53. The molecular formula is C20H28ClF3N2O. The molecule has 1 atom stereocenters. The van der Waals surface area contributed by atoms with Crippen LogP contribution in [-0.2, 0) is 16.4 Å². The van der Waals surface area contributed by atoms with Gasteiger partial charge in [-0.2, -0.15) is 13.2 Å². The van der Waals surface area contributed by atoms with Crippen LogP contribution in [0, 0.1) is 11.8 Å². The second-order valence-electron chi connectivity index (χ2n) is 7.90. The molecular weight excluding hydrogens is 377 g/mol. The maximum absolute atomic E-state index is 12.9. The Morgan fingerprint density at radius 1 is 1.30 bits per heavy atom. The lowest BCUT2D eigenvalue weighted by atomic mass is 9.84. The van der Waals surface area contributed by atoms with E-state index in [1.54, 1.807) is 6.07 Å². The van der Waals surface area contributed by atoms with Crippen LogP contribution < -0.4 is 10.6 Å². The minimum Gasteiger partial charge on any atom is -0.355 e. The van der Waals surface area contributed by atoms with Gasteiger partial charge in [0, 0.05) is 18.4 Å². The summed E-state index contributed by atoms with van der Waals surface area (Å²) in [5.74, 6) is 0.912. The molecule has 27 heavy (non-hydrogen) atoms. The van der Waals surface area contributed by atoms with Gasteiger partial charge in [-0.15, -0.1) is 12.4 Å². The number of halogens is 4. The van der Waals surface area contributed by atoms with Crippen molar-refractivity contribution in [3.8, 4) is 0 Å². The van der Waals surface area contributed by atoms with Crippen LogP contribution in [0.3, 0.4) is 0 Å². The molecule has 0 bridgehead atoms. The van der Waals surface area contributed by atoms with Gasteiger partial charge >= 0.3 is 6.18 Å². The molecule has 2 fully saturated rings. The Kier molecular flexibility index (Phi) is 7.20. The Bertz CT molecular complexity index is 640. The smallest absolute Gasteiger partial charge is 0.355 e. The van der Waals surface area contributed by atoms with Crippen molar-refractivity contribution in [1.82, 2.24) is 10.6 Å². The number of benzene rings is 1. The third-order valence-electron chi connectivity index (χ3n) is 5.98. The van der Waals surface area contributed by atoms with Crippen molar-refractivity contribution in [2.24, 2.45) is 11.8 Å². The number of amides is 1. The normalized spacial score (nSPS) is 20.4. The van der Waals surface area contributed by atoms with Crippen molar-refractivity contribution < 1.29 is 18.0 Å². The number of alkyl halides is 3. The summed E-state index contributed by atoms with van der Waals surface area (Å²) in [5.41, 5.74) is -0.263. The zero-order valence-electron chi connectivity index (χ0n) is 15.6. The van der Waals surface area contributed by atoms with Gasteiger partial charge in [0.25, 0.3) is 0 Å². The van der Waals surface area contributed by atoms with Gasteiger partial charge in [-0.3, -0.25) is 4.79 Å². The average Bonchev–Trinajstić information content (AvgIpc) is 3.41. The quantitative estimate of drug-likeness (QED) is 0.742. The van der Waals surface area contributed by atoms with E-state index < -0.39 is 11.7 Å². The van der Waals surface area contributed by atoms with Crippen LogP contribution in [0.5, 0.6) is 0 Å². The van der Waals surface area contributed by atoms with E-state index in [0.717, 1.165) is 44.8 Å². The highest BCUT2D eigenvalue weighted by atomic mass is 35.5. The van der Waals surface area contributed by atoms with E-state index in [-0.39, 0.29) is 23.7 Å². The Balaban J connectivity index is 0.00000261. The van der Waals surface area contributed by atoms with Gasteiger partial charge in [-0.1, -0.05) is 25.1 Å². The molecule has 1 heterocycles. The molecule has 1 aromatic rings. The molecule has 0 aromatic heterocycles. The van der Waals surface area contributed by atoms with Crippen LogP contribution in [-0.4, -0.2) is 25.5 Å². The first kappa shape index (κ1) is 22.0. The first-order valence-corrected chi connectivity index (χ1v) is 9.45.